The lowest BCUT2D eigenvalue weighted by Gasteiger charge is -2.24. The predicted octanol–water partition coefficient (Wildman–Crippen LogP) is 11.3. The second-order valence-electron chi connectivity index (χ2n) is 11.7. The van der Waals surface area contributed by atoms with Crippen LogP contribution >= 0.6 is 0 Å². The second-order valence-corrected chi connectivity index (χ2v) is 11.7. The third kappa shape index (κ3) is 3.54. The van der Waals surface area contributed by atoms with Crippen LogP contribution in [0.5, 0.6) is 0 Å². The van der Waals surface area contributed by atoms with Gasteiger partial charge in [-0.15, -0.1) is 0 Å². The highest BCUT2D eigenvalue weighted by atomic mass is 14.4. The zero-order valence-electron chi connectivity index (χ0n) is 23.4. The molecule has 0 amide bonds. The molecule has 0 radical (unpaired) electrons. The molecule has 8 rings (SSSR count). The van der Waals surface area contributed by atoms with Crippen LogP contribution in [0.4, 0.5) is 0 Å². The first kappa shape index (κ1) is 23.9. The molecule has 0 fully saturated rings. The molecule has 0 atom stereocenters. The summed E-state index contributed by atoms with van der Waals surface area (Å²) < 4.78 is 0. The molecular formula is C41H30. The molecule has 0 spiro atoms. The van der Waals surface area contributed by atoms with E-state index in [0.717, 1.165) is 0 Å². The fourth-order valence-electron chi connectivity index (χ4n) is 7.26. The summed E-state index contributed by atoms with van der Waals surface area (Å²) in [6, 6.07) is 53.5. The van der Waals surface area contributed by atoms with Gasteiger partial charge in [-0.1, -0.05) is 159 Å². The molecule has 1 aliphatic carbocycles. The SMILES string of the molecule is CC1(C)c2ccccc2-c2cccc(-c3ccc(-c4c5ccccc5c(-c5ccccc5)c5ccccc45)cc3)c21. The standard InChI is InChI=1S/C41H30/c1-41(2)37-22-11-10-15-31(37)36-21-12-20-30(40(36)41)27-23-25-29(26-24-27)39-34-18-8-6-16-32(34)38(28-13-4-3-5-14-28)33-17-7-9-19-35(33)39/h3-26H,1-2H3. The van der Waals surface area contributed by atoms with Crippen molar-refractivity contribution >= 4 is 21.5 Å². The molecule has 0 aromatic heterocycles. The second kappa shape index (κ2) is 9.04. The molecule has 0 saturated carbocycles. The molecule has 0 aliphatic heterocycles. The van der Waals surface area contributed by atoms with Crippen LogP contribution in [0.3, 0.4) is 0 Å². The molecule has 0 heterocycles. The first-order chi connectivity index (χ1) is 20.1. The van der Waals surface area contributed by atoms with E-state index in [9.17, 15) is 0 Å². The average molecular weight is 523 g/mol. The van der Waals surface area contributed by atoms with Gasteiger partial charge in [0.1, 0.15) is 0 Å². The maximum absolute atomic E-state index is 2.36. The van der Waals surface area contributed by atoms with Gasteiger partial charge in [0.2, 0.25) is 0 Å². The zero-order valence-corrected chi connectivity index (χ0v) is 23.4. The summed E-state index contributed by atoms with van der Waals surface area (Å²) in [7, 11) is 0. The molecule has 0 N–H and O–H groups in total. The number of fused-ring (bicyclic) bond motifs is 5. The molecular weight excluding hydrogens is 492 g/mol. The molecule has 1 aliphatic rings. The van der Waals surface area contributed by atoms with Crippen molar-refractivity contribution in [3.05, 3.63) is 157 Å². The molecule has 7 aromatic rings. The number of hydrogen-bond acceptors (Lipinski definition) is 0. The fraction of sp³-hybridized carbons (Fsp3) is 0.0732. The smallest absolute Gasteiger partial charge is 0.0165 e. The first-order valence-electron chi connectivity index (χ1n) is 14.5. The lowest BCUT2D eigenvalue weighted by molar-refractivity contribution is 0.662. The molecule has 41 heavy (non-hydrogen) atoms. The van der Waals surface area contributed by atoms with Crippen LogP contribution in [0.2, 0.25) is 0 Å². The van der Waals surface area contributed by atoms with Gasteiger partial charge in [0.05, 0.1) is 0 Å². The van der Waals surface area contributed by atoms with Gasteiger partial charge < -0.3 is 0 Å². The normalized spacial score (nSPS) is 13.3. The quantitative estimate of drug-likeness (QED) is 0.202. The van der Waals surface area contributed by atoms with Crippen LogP contribution < -0.4 is 0 Å². The van der Waals surface area contributed by atoms with Gasteiger partial charge >= 0.3 is 0 Å². The molecule has 0 unspecified atom stereocenters. The Morgan fingerprint density at radius 3 is 1.39 bits per heavy atom. The Labute approximate surface area is 241 Å². The molecule has 0 bridgehead atoms. The Morgan fingerprint density at radius 1 is 0.341 bits per heavy atom. The lowest BCUT2D eigenvalue weighted by atomic mass is 9.78. The number of benzene rings is 7. The van der Waals surface area contributed by atoms with E-state index in [4.69, 9.17) is 0 Å². The highest BCUT2D eigenvalue weighted by Crippen LogP contribution is 2.52. The van der Waals surface area contributed by atoms with Crippen LogP contribution in [0.15, 0.2) is 146 Å². The van der Waals surface area contributed by atoms with Crippen molar-refractivity contribution in [3.8, 4) is 44.5 Å². The predicted molar refractivity (Wildman–Crippen MR) is 175 cm³/mol. The highest BCUT2D eigenvalue weighted by Gasteiger charge is 2.37. The molecule has 0 heteroatoms. The minimum absolute atomic E-state index is 0.0408. The van der Waals surface area contributed by atoms with Gasteiger partial charge in [-0.3, -0.25) is 0 Å². The van der Waals surface area contributed by atoms with Gasteiger partial charge in [-0.2, -0.15) is 0 Å². The van der Waals surface area contributed by atoms with Crippen LogP contribution in [0.1, 0.15) is 25.0 Å². The Hall–Kier alpha value is -4.94. The van der Waals surface area contributed by atoms with Crippen LogP contribution in [0.25, 0.3) is 66.1 Å². The largest absolute Gasteiger partial charge is 0.0622 e. The summed E-state index contributed by atoms with van der Waals surface area (Å²) in [5, 5.41) is 5.15. The van der Waals surface area contributed by atoms with Gasteiger partial charge in [0, 0.05) is 5.41 Å². The minimum atomic E-state index is -0.0408. The van der Waals surface area contributed by atoms with Crippen molar-refractivity contribution in [2.24, 2.45) is 0 Å². The van der Waals surface area contributed by atoms with Crippen molar-refractivity contribution in [2.75, 3.05) is 0 Å². The topological polar surface area (TPSA) is 0 Å². The third-order valence-electron chi connectivity index (χ3n) is 9.06. The molecule has 0 nitrogen and oxygen atoms in total. The van der Waals surface area contributed by atoms with Crippen LogP contribution in [0, 0.1) is 0 Å². The van der Waals surface area contributed by atoms with Gasteiger partial charge in [-0.25, -0.2) is 0 Å². The number of rotatable bonds is 3. The van der Waals surface area contributed by atoms with Crippen molar-refractivity contribution in [1.82, 2.24) is 0 Å². The van der Waals surface area contributed by atoms with E-state index in [1.165, 1.54) is 77.2 Å². The Morgan fingerprint density at radius 2 is 0.780 bits per heavy atom. The van der Waals surface area contributed by atoms with Crippen molar-refractivity contribution < 1.29 is 0 Å². The van der Waals surface area contributed by atoms with Crippen LogP contribution in [-0.2, 0) is 5.41 Å². The van der Waals surface area contributed by atoms with E-state index in [-0.39, 0.29) is 5.41 Å². The minimum Gasteiger partial charge on any atom is -0.0622 e. The van der Waals surface area contributed by atoms with Crippen molar-refractivity contribution in [2.45, 2.75) is 19.3 Å². The maximum Gasteiger partial charge on any atom is 0.0165 e. The van der Waals surface area contributed by atoms with E-state index in [1.807, 2.05) is 0 Å². The van der Waals surface area contributed by atoms with Crippen molar-refractivity contribution in [3.63, 3.8) is 0 Å². The maximum atomic E-state index is 2.36. The highest BCUT2D eigenvalue weighted by molar-refractivity contribution is 6.21. The summed E-state index contributed by atoms with van der Waals surface area (Å²) in [6.07, 6.45) is 0. The summed E-state index contributed by atoms with van der Waals surface area (Å²) in [6.45, 7) is 4.73. The first-order valence-corrected chi connectivity index (χ1v) is 14.5. The molecule has 194 valence electrons. The summed E-state index contributed by atoms with van der Waals surface area (Å²) >= 11 is 0. The zero-order chi connectivity index (χ0) is 27.6. The molecule has 0 saturated heterocycles. The van der Waals surface area contributed by atoms with E-state index < -0.39 is 0 Å². The van der Waals surface area contributed by atoms with Crippen LogP contribution in [-0.4, -0.2) is 0 Å². The van der Waals surface area contributed by atoms with E-state index in [0.29, 0.717) is 0 Å². The van der Waals surface area contributed by atoms with Gasteiger partial charge in [-0.05, 0) is 77.2 Å². The van der Waals surface area contributed by atoms with E-state index in [1.54, 1.807) is 0 Å². The van der Waals surface area contributed by atoms with E-state index >= 15 is 0 Å². The fourth-order valence-corrected chi connectivity index (χ4v) is 7.26. The number of hydrogen-bond donors (Lipinski definition) is 0. The lowest BCUT2D eigenvalue weighted by Crippen LogP contribution is -2.16. The summed E-state index contributed by atoms with van der Waals surface area (Å²) in [4.78, 5) is 0. The third-order valence-corrected chi connectivity index (χ3v) is 9.06. The Kier molecular flexibility index (Phi) is 5.27. The van der Waals surface area contributed by atoms with Gasteiger partial charge in [0.25, 0.3) is 0 Å². The Balaban J connectivity index is 1.33. The van der Waals surface area contributed by atoms with Crippen molar-refractivity contribution in [1.29, 1.82) is 0 Å². The average Bonchev–Trinajstić information content (AvgIpc) is 3.27. The summed E-state index contributed by atoms with van der Waals surface area (Å²) in [5.41, 5.74) is 13.2. The summed E-state index contributed by atoms with van der Waals surface area (Å²) in [5.74, 6) is 0. The monoisotopic (exact) mass is 522 g/mol. The Bertz CT molecular complexity index is 2040. The van der Waals surface area contributed by atoms with E-state index in [2.05, 4.69) is 159 Å². The molecule has 7 aromatic carbocycles. The van der Waals surface area contributed by atoms with Gasteiger partial charge in [0.15, 0.2) is 0 Å².